The van der Waals surface area contributed by atoms with Crippen molar-refractivity contribution in [3.8, 4) is 5.75 Å². The number of aryl methyl sites for hydroxylation is 1. The normalized spacial score (nSPS) is 10.5. The molecule has 0 heterocycles. The van der Waals surface area contributed by atoms with E-state index in [1.54, 1.807) is 18.2 Å². The minimum atomic E-state index is -1.04. The summed E-state index contributed by atoms with van der Waals surface area (Å²) in [6.45, 7) is 5.55. The molecule has 0 unspecified atom stereocenters. The van der Waals surface area contributed by atoms with Crippen LogP contribution in [0.3, 0.4) is 0 Å². The van der Waals surface area contributed by atoms with Gasteiger partial charge in [0.05, 0.1) is 0 Å². The van der Waals surface area contributed by atoms with Crippen LogP contribution in [0.15, 0.2) is 18.2 Å². The molecule has 0 aliphatic carbocycles. The van der Waals surface area contributed by atoms with Crippen LogP contribution in [0, 0.1) is 12.8 Å². The molecular formula is C15H20ClNO4. The summed E-state index contributed by atoms with van der Waals surface area (Å²) in [6.07, 6.45) is 0. The maximum atomic E-state index is 12.1. The van der Waals surface area contributed by atoms with Gasteiger partial charge in [-0.1, -0.05) is 25.4 Å². The molecule has 1 aromatic carbocycles. The number of benzene rings is 1. The summed E-state index contributed by atoms with van der Waals surface area (Å²) in [4.78, 5) is 24.1. The quantitative estimate of drug-likeness (QED) is 0.840. The van der Waals surface area contributed by atoms with E-state index in [2.05, 4.69) is 0 Å². The number of halogens is 1. The Bertz CT molecular complexity index is 516. The molecule has 0 aliphatic heterocycles. The van der Waals surface area contributed by atoms with Crippen molar-refractivity contribution in [1.29, 1.82) is 0 Å². The molecule has 21 heavy (non-hydrogen) atoms. The molecule has 0 aromatic heterocycles. The van der Waals surface area contributed by atoms with Crippen LogP contribution in [0.4, 0.5) is 0 Å². The van der Waals surface area contributed by atoms with E-state index in [1.807, 2.05) is 20.8 Å². The summed E-state index contributed by atoms with van der Waals surface area (Å²) >= 11 is 5.91. The zero-order valence-corrected chi connectivity index (χ0v) is 13.2. The first-order valence-electron chi connectivity index (χ1n) is 6.68. The third kappa shape index (κ3) is 6.04. The lowest BCUT2D eigenvalue weighted by molar-refractivity contribution is -0.145. The second-order valence-electron chi connectivity index (χ2n) is 5.26. The Morgan fingerprint density at radius 2 is 2.05 bits per heavy atom. The first-order valence-corrected chi connectivity index (χ1v) is 7.06. The minimum absolute atomic E-state index is 0.186. The van der Waals surface area contributed by atoms with E-state index in [-0.39, 0.29) is 25.0 Å². The molecule has 1 N–H and O–H groups in total. The fraction of sp³-hybridized carbons (Fsp3) is 0.467. The van der Waals surface area contributed by atoms with E-state index in [0.29, 0.717) is 17.3 Å². The molecule has 0 fully saturated rings. The van der Waals surface area contributed by atoms with Crippen molar-refractivity contribution in [2.75, 3.05) is 19.7 Å². The topological polar surface area (TPSA) is 66.8 Å². The van der Waals surface area contributed by atoms with Gasteiger partial charge in [-0.25, -0.2) is 0 Å². The Morgan fingerprint density at radius 3 is 2.57 bits per heavy atom. The maximum Gasteiger partial charge on any atom is 0.323 e. The van der Waals surface area contributed by atoms with Gasteiger partial charge in [-0.3, -0.25) is 9.59 Å². The standard InChI is InChI=1S/C15H20ClNO4/c1-10(2)7-17(8-15(19)20)14(18)9-21-12-4-5-13(16)11(3)6-12/h4-6,10H,7-9H2,1-3H3,(H,19,20). The van der Waals surface area contributed by atoms with Crippen molar-refractivity contribution in [2.24, 2.45) is 5.92 Å². The van der Waals surface area contributed by atoms with Crippen LogP contribution in [0.5, 0.6) is 5.75 Å². The first-order chi connectivity index (χ1) is 9.79. The molecule has 1 amide bonds. The third-order valence-corrected chi connectivity index (χ3v) is 3.18. The monoisotopic (exact) mass is 313 g/mol. The number of carboxylic acid groups (broad SMARTS) is 1. The fourth-order valence-corrected chi connectivity index (χ4v) is 1.92. The molecular weight excluding hydrogens is 294 g/mol. The first kappa shape index (κ1) is 17.3. The molecule has 0 saturated heterocycles. The highest BCUT2D eigenvalue weighted by Gasteiger charge is 2.18. The molecule has 0 atom stereocenters. The third-order valence-electron chi connectivity index (χ3n) is 2.76. The molecule has 1 aromatic rings. The van der Waals surface area contributed by atoms with Gasteiger partial charge in [-0.2, -0.15) is 0 Å². The number of rotatable bonds is 7. The average molecular weight is 314 g/mol. The lowest BCUT2D eigenvalue weighted by atomic mass is 10.2. The van der Waals surface area contributed by atoms with E-state index >= 15 is 0 Å². The van der Waals surface area contributed by atoms with Crippen molar-refractivity contribution < 1.29 is 19.4 Å². The summed E-state index contributed by atoms with van der Waals surface area (Å²) in [5.41, 5.74) is 0.853. The van der Waals surface area contributed by atoms with Crippen LogP contribution < -0.4 is 4.74 Å². The number of ether oxygens (including phenoxy) is 1. The highest BCUT2D eigenvalue weighted by Crippen LogP contribution is 2.21. The summed E-state index contributed by atoms with van der Waals surface area (Å²) in [5.74, 6) is -0.666. The molecule has 0 spiro atoms. The number of carbonyl (C=O) groups excluding carboxylic acids is 1. The van der Waals surface area contributed by atoms with Gasteiger partial charge in [0.15, 0.2) is 6.61 Å². The number of hydrogen-bond acceptors (Lipinski definition) is 3. The highest BCUT2D eigenvalue weighted by atomic mass is 35.5. The average Bonchev–Trinajstić information content (AvgIpc) is 2.38. The Labute approximate surface area is 129 Å². The van der Waals surface area contributed by atoms with E-state index in [9.17, 15) is 9.59 Å². The second-order valence-corrected chi connectivity index (χ2v) is 5.67. The number of carbonyl (C=O) groups is 2. The molecule has 1 rings (SSSR count). The van der Waals surface area contributed by atoms with Gasteiger partial charge in [0.2, 0.25) is 0 Å². The van der Waals surface area contributed by atoms with Gasteiger partial charge in [-0.15, -0.1) is 0 Å². The van der Waals surface area contributed by atoms with Crippen molar-refractivity contribution in [2.45, 2.75) is 20.8 Å². The van der Waals surface area contributed by atoms with Crippen molar-refractivity contribution in [3.05, 3.63) is 28.8 Å². The Kier molecular flexibility index (Phi) is 6.49. The number of hydrogen-bond donors (Lipinski definition) is 1. The van der Waals surface area contributed by atoms with Crippen LogP contribution in [0.25, 0.3) is 0 Å². The maximum absolute atomic E-state index is 12.1. The van der Waals surface area contributed by atoms with E-state index in [4.69, 9.17) is 21.4 Å². The SMILES string of the molecule is Cc1cc(OCC(=O)N(CC(=O)O)CC(C)C)ccc1Cl. The molecule has 6 heteroatoms. The number of nitrogens with zero attached hydrogens (tertiary/aromatic N) is 1. The summed E-state index contributed by atoms with van der Waals surface area (Å²) in [5, 5.41) is 9.47. The van der Waals surface area contributed by atoms with Crippen molar-refractivity contribution in [1.82, 2.24) is 4.90 Å². The molecule has 0 bridgehead atoms. The molecule has 116 valence electrons. The predicted octanol–water partition coefficient (Wildman–Crippen LogP) is 2.60. The smallest absolute Gasteiger partial charge is 0.323 e. The van der Waals surface area contributed by atoms with Gasteiger partial charge < -0.3 is 14.7 Å². The lowest BCUT2D eigenvalue weighted by Crippen LogP contribution is -2.40. The molecule has 0 aliphatic rings. The largest absolute Gasteiger partial charge is 0.484 e. The van der Waals surface area contributed by atoms with Crippen LogP contribution in [-0.2, 0) is 9.59 Å². The van der Waals surface area contributed by atoms with Gasteiger partial charge >= 0.3 is 5.97 Å². The minimum Gasteiger partial charge on any atom is -0.484 e. The van der Waals surface area contributed by atoms with Crippen LogP contribution in [-0.4, -0.2) is 41.6 Å². The number of amides is 1. The second kappa shape index (κ2) is 7.88. The highest BCUT2D eigenvalue weighted by molar-refractivity contribution is 6.31. The van der Waals surface area contributed by atoms with E-state index in [0.717, 1.165) is 5.56 Å². The zero-order chi connectivity index (χ0) is 16.0. The number of aliphatic carboxylic acids is 1. The van der Waals surface area contributed by atoms with Gasteiger partial charge in [-0.05, 0) is 36.6 Å². The molecule has 5 nitrogen and oxygen atoms in total. The van der Waals surface area contributed by atoms with Crippen LogP contribution in [0.2, 0.25) is 5.02 Å². The Hall–Kier alpha value is -1.75. The van der Waals surface area contributed by atoms with Gasteiger partial charge in [0.25, 0.3) is 5.91 Å². The van der Waals surface area contributed by atoms with Gasteiger partial charge in [0.1, 0.15) is 12.3 Å². The van der Waals surface area contributed by atoms with Crippen LogP contribution in [0.1, 0.15) is 19.4 Å². The van der Waals surface area contributed by atoms with Crippen molar-refractivity contribution >= 4 is 23.5 Å². The van der Waals surface area contributed by atoms with Crippen molar-refractivity contribution in [3.63, 3.8) is 0 Å². The molecule has 0 saturated carbocycles. The Balaban J connectivity index is 2.63. The lowest BCUT2D eigenvalue weighted by Gasteiger charge is -2.22. The predicted molar refractivity (Wildman–Crippen MR) is 80.7 cm³/mol. The van der Waals surface area contributed by atoms with Gasteiger partial charge in [0, 0.05) is 11.6 Å². The number of carboxylic acids is 1. The Morgan fingerprint density at radius 1 is 1.38 bits per heavy atom. The summed E-state index contributed by atoms with van der Waals surface area (Å²) < 4.78 is 5.40. The van der Waals surface area contributed by atoms with E-state index < -0.39 is 5.97 Å². The summed E-state index contributed by atoms with van der Waals surface area (Å²) in [7, 11) is 0. The molecule has 0 radical (unpaired) electrons. The fourth-order valence-electron chi connectivity index (χ4n) is 1.80. The zero-order valence-electron chi connectivity index (χ0n) is 12.4. The van der Waals surface area contributed by atoms with Crippen LogP contribution >= 0.6 is 11.6 Å². The summed E-state index contributed by atoms with van der Waals surface area (Å²) in [6, 6.07) is 5.10. The van der Waals surface area contributed by atoms with E-state index in [1.165, 1.54) is 4.90 Å².